The Morgan fingerprint density at radius 3 is 2.81 bits per heavy atom. The fourth-order valence-corrected chi connectivity index (χ4v) is 2.35. The van der Waals surface area contributed by atoms with E-state index in [-0.39, 0.29) is 5.54 Å². The molecule has 0 saturated heterocycles. The molecule has 0 atom stereocenters. The first-order valence-corrected chi connectivity index (χ1v) is 7.10. The van der Waals surface area contributed by atoms with Crippen LogP contribution in [0, 0.1) is 0 Å². The van der Waals surface area contributed by atoms with Gasteiger partial charge in [0.2, 0.25) is 6.39 Å². The van der Waals surface area contributed by atoms with E-state index in [1.165, 1.54) is 22.9 Å². The fourth-order valence-electron chi connectivity index (χ4n) is 2.35. The molecule has 1 N–H and O–H groups in total. The van der Waals surface area contributed by atoms with E-state index < -0.39 is 0 Å². The van der Waals surface area contributed by atoms with Crippen LogP contribution in [-0.2, 0) is 13.1 Å². The Balaban J connectivity index is 1.89. The highest BCUT2D eigenvalue weighted by Crippen LogP contribution is 2.21. The maximum Gasteiger partial charge on any atom is 0.213 e. The van der Waals surface area contributed by atoms with Crippen LogP contribution < -0.4 is 5.32 Å². The van der Waals surface area contributed by atoms with Crippen LogP contribution in [0.1, 0.15) is 32.2 Å². The van der Waals surface area contributed by atoms with Gasteiger partial charge >= 0.3 is 0 Å². The molecule has 0 aliphatic carbocycles. The van der Waals surface area contributed by atoms with Crippen LogP contribution in [0.2, 0.25) is 0 Å². The Morgan fingerprint density at radius 2 is 2.10 bits per heavy atom. The molecule has 0 spiro atoms. The van der Waals surface area contributed by atoms with Gasteiger partial charge in [0.05, 0.1) is 6.54 Å². The predicted octanol–water partition coefficient (Wildman–Crippen LogP) is 2.96. The summed E-state index contributed by atoms with van der Waals surface area (Å²) in [6.07, 6.45) is 3.43. The summed E-state index contributed by atoms with van der Waals surface area (Å²) >= 11 is 0. The monoisotopic (exact) mass is 284 g/mol. The van der Waals surface area contributed by atoms with Crippen LogP contribution in [0.25, 0.3) is 10.9 Å². The van der Waals surface area contributed by atoms with Gasteiger partial charge in [0.15, 0.2) is 5.82 Å². The lowest BCUT2D eigenvalue weighted by atomic mass is 10.1. The van der Waals surface area contributed by atoms with Gasteiger partial charge in [0.25, 0.3) is 0 Å². The van der Waals surface area contributed by atoms with Crippen LogP contribution in [-0.4, -0.2) is 20.2 Å². The molecule has 5 heteroatoms. The summed E-state index contributed by atoms with van der Waals surface area (Å²) in [6, 6.07) is 8.53. The van der Waals surface area contributed by atoms with Gasteiger partial charge in [-0.3, -0.25) is 0 Å². The van der Waals surface area contributed by atoms with E-state index in [1.807, 2.05) is 0 Å². The van der Waals surface area contributed by atoms with Gasteiger partial charge in [-0.15, -0.1) is 0 Å². The molecule has 3 aromatic rings. The molecule has 0 saturated carbocycles. The first-order chi connectivity index (χ1) is 10.0. The SMILES string of the molecule is CC(C)(C)NCc1cccc2c1ccn2Cc1ncon1. The average Bonchev–Trinajstić information content (AvgIpc) is 3.06. The van der Waals surface area contributed by atoms with Crippen molar-refractivity contribution in [2.75, 3.05) is 0 Å². The molecule has 0 unspecified atom stereocenters. The summed E-state index contributed by atoms with van der Waals surface area (Å²) in [7, 11) is 0. The minimum absolute atomic E-state index is 0.107. The van der Waals surface area contributed by atoms with Gasteiger partial charge < -0.3 is 14.4 Å². The minimum atomic E-state index is 0.107. The molecule has 3 rings (SSSR count). The van der Waals surface area contributed by atoms with E-state index in [4.69, 9.17) is 4.52 Å². The molecule has 0 aliphatic rings. The third-order valence-electron chi connectivity index (χ3n) is 3.43. The molecule has 0 aliphatic heterocycles. The summed E-state index contributed by atoms with van der Waals surface area (Å²) in [5.41, 5.74) is 2.59. The van der Waals surface area contributed by atoms with E-state index in [9.17, 15) is 0 Å². The van der Waals surface area contributed by atoms with E-state index in [0.717, 1.165) is 6.54 Å². The molecule has 0 amide bonds. The number of nitrogens with one attached hydrogen (secondary N) is 1. The van der Waals surface area contributed by atoms with Gasteiger partial charge in [-0.1, -0.05) is 17.3 Å². The zero-order valence-electron chi connectivity index (χ0n) is 12.6. The van der Waals surface area contributed by atoms with Crippen molar-refractivity contribution < 1.29 is 4.52 Å². The number of hydrogen-bond acceptors (Lipinski definition) is 4. The van der Waals surface area contributed by atoms with Gasteiger partial charge in [-0.2, -0.15) is 4.98 Å². The lowest BCUT2D eigenvalue weighted by Gasteiger charge is -2.20. The lowest BCUT2D eigenvalue weighted by Crippen LogP contribution is -2.35. The molecule has 21 heavy (non-hydrogen) atoms. The summed E-state index contributed by atoms with van der Waals surface area (Å²) < 4.78 is 6.93. The van der Waals surface area contributed by atoms with Gasteiger partial charge in [-0.05, 0) is 38.5 Å². The average molecular weight is 284 g/mol. The maximum absolute atomic E-state index is 4.79. The van der Waals surface area contributed by atoms with Crippen molar-refractivity contribution in [2.24, 2.45) is 0 Å². The van der Waals surface area contributed by atoms with Crippen molar-refractivity contribution in [1.82, 2.24) is 20.0 Å². The highest BCUT2D eigenvalue weighted by Gasteiger charge is 2.11. The molecule has 0 bridgehead atoms. The Labute approximate surface area is 124 Å². The Hall–Kier alpha value is -2.14. The van der Waals surface area contributed by atoms with Crippen molar-refractivity contribution in [3.8, 4) is 0 Å². The predicted molar refractivity (Wildman–Crippen MR) is 81.9 cm³/mol. The first kappa shape index (κ1) is 13.8. The molecule has 110 valence electrons. The van der Waals surface area contributed by atoms with E-state index in [2.05, 4.69) is 71.3 Å². The molecule has 1 aromatic carbocycles. The normalized spacial score (nSPS) is 12.1. The Kier molecular flexibility index (Phi) is 3.51. The van der Waals surface area contributed by atoms with Crippen molar-refractivity contribution in [3.63, 3.8) is 0 Å². The smallest absolute Gasteiger partial charge is 0.213 e. The number of rotatable bonds is 4. The minimum Gasteiger partial charge on any atom is -0.343 e. The molecule has 2 heterocycles. The van der Waals surface area contributed by atoms with Crippen LogP contribution in [0.4, 0.5) is 0 Å². The van der Waals surface area contributed by atoms with Crippen LogP contribution >= 0.6 is 0 Å². The molecule has 2 aromatic heterocycles. The van der Waals surface area contributed by atoms with Gasteiger partial charge in [0.1, 0.15) is 0 Å². The standard InChI is InChI=1S/C16H20N4O/c1-16(2,3)18-9-12-5-4-6-14-13(12)7-8-20(14)10-15-17-11-21-19-15/h4-8,11,18H,9-10H2,1-3H3. The third-order valence-corrected chi connectivity index (χ3v) is 3.43. The van der Waals surface area contributed by atoms with E-state index in [0.29, 0.717) is 12.4 Å². The van der Waals surface area contributed by atoms with E-state index in [1.54, 1.807) is 0 Å². The zero-order valence-corrected chi connectivity index (χ0v) is 12.6. The topological polar surface area (TPSA) is 55.9 Å². The summed E-state index contributed by atoms with van der Waals surface area (Å²) in [4.78, 5) is 4.08. The lowest BCUT2D eigenvalue weighted by molar-refractivity contribution is 0.408. The molecule has 0 radical (unpaired) electrons. The third kappa shape index (κ3) is 3.13. The number of aromatic nitrogens is 3. The molecular weight excluding hydrogens is 264 g/mol. The van der Waals surface area contributed by atoms with Crippen LogP contribution in [0.5, 0.6) is 0 Å². The summed E-state index contributed by atoms with van der Waals surface area (Å²) in [5, 5.41) is 8.67. The van der Waals surface area contributed by atoms with Crippen molar-refractivity contribution in [1.29, 1.82) is 0 Å². The summed E-state index contributed by atoms with van der Waals surface area (Å²) in [5.74, 6) is 0.686. The first-order valence-electron chi connectivity index (χ1n) is 7.10. The van der Waals surface area contributed by atoms with Gasteiger partial charge in [0, 0.05) is 29.2 Å². The second-order valence-electron chi connectivity index (χ2n) is 6.24. The zero-order chi connectivity index (χ0) is 14.9. The van der Waals surface area contributed by atoms with Crippen LogP contribution in [0.15, 0.2) is 41.4 Å². The number of hydrogen-bond donors (Lipinski definition) is 1. The number of nitrogens with zero attached hydrogens (tertiary/aromatic N) is 3. The summed E-state index contributed by atoms with van der Waals surface area (Å²) in [6.45, 7) is 8.00. The van der Waals surface area contributed by atoms with Crippen molar-refractivity contribution >= 4 is 10.9 Å². The van der Waals surface area contributed by atoms with Crippen molar-refractivity contribution in [3.05, 3.63) is 48.2 Å². The second kappa shape index (κ2) is 5.33. The molecule has 0 fully saturated rings. The highest BCUT2D eigenvalue weighted by atomic mass is 16.5. The largest absolute Gasteiger partial charge is 0.343 e. The highest BCUT2D eigenvalue weighted by molar-refractivity contribution is 5.83. The van der Waals surface area contributed by atoms with Crippen molar-refractivity contribution in [2.45, 2.75) is 39.4 Å². The number of benzene rings is 1. The van der Waals surface area contributed by atoms with E-state index >= 15 is 0 Å². The fraction of sp³-hybridized carbons (Fsp3) is 0.375. The second-order valence-corrected chi connectivity index (χ2v) is 6.24. The quantitative estimate of drug-likeness (QED) is 0.800. The maximum atomic E-state index is 4.79. The van der Waals surface area contributed by atoms with Gasteiger partial charge in [-0.25, -0.2) is 0 Å². The Bertz CT molecular complexity index is 722. The number of fused-ring (bicyclic) bond motifs is 1. The van der Waals surface area contributed by atoms with Crippen LogP contribution in [0.3, 0.4) is 0 Å². The Morgan fingerprint density at radius 1 is 1.24 bits per heavy atom. The molecule has 5 nitrogen and oxygen atoms in total. The molecular formula is C16H20N4O.